The second-order valence-corrected chi connectivity index (χ2v) is 5.73. The van der Waals surface area contributed by atoms with E-state index in [2.05, 4.69) is 15.9 Å². The van der Waals surface area contributed by atoms with Crippen LogP contribution in [0.5, 0.6) is 0 Å². The van der Waals surface area contributed by atoms with Crippen molar-refractivity contribution < 1.29 is 4.79 Å². The Bertz CT molecular complexity index is 361. The number of Topliss-reactive ketones (excluding diaryl/α,β-unsaturated/α-hetero) is 1. The Labute approximate surface area is 99.5 Å². The largest absolute Gasteiger partial charge is 0.294 e. The van der Waals surface area contributed by atoms with Gasteiger partial charge >= 0.3 is 0 Å². The quantitative estimate of drug-likeness (QED) is 0.708. The van der Waals surface area contributed by atoms with Gasteiger partial charge in [-0.25, -0.2) is 0 Å². The van der Waals surface area contributed by atoms with Crippen LogP contribution in [0.25, 0.3) is 0 Å². The Balaban J connectivity index is 0.000000165. The first kappa shape index (κ1) is 11.6. The molecular formula is C10H9BrOS2. The van der Waals surface area contributed by atoms with Crippen molar-refractivity contribution >= 4 is 44.4 Å². The van der Waals surface area contributed by atoms with Gasteiger partial charge in [0.2, 0.25) is 0 Å². The molecule has 0 radical (unpaired) electrons. The van der Waals surface area contributed by atoms with Crippen LogP contribution < -0.4 is 0 Å². The Morgan fingerprint density at radius 1 is 1.29 bits per heavy atom. The highest BCUT2D eigenvalue weighted by Crippen LogP contribution is 2.21. The summed E-state index contributed by atoms with van der Waals surface area (Å²) in [6.45, 7) is 1.57. The van der Waals surface area contributed by atoms with Gasteiger partial charge in [0, 0.05) is 0 Å². The Kier molecular flexibility index (Phi) is 5.07. The van der Waals surface area contributed by atoms with E-state index in [0.29, 0.717) is 0 Å². The van der Waals surface area contributed by atoms with Gasteiger partial charge in [0.1, 0.15) is 0 Å². The molecule has 0 unspecified atom stereocenters. The number of carbonyl (C=O) groups is 1. The zero-order valence-electron chi connectivity index (χ0n) is 7.57. The van der Waals surface area contributed by atoms with E-state index in [0.717, 1.165) is 8.66 Å². The first-order valence-corrected chi connectivity index (χ1v) is 6.49. The van der Waals surface area contributed by atoms with Gasteiger partial charge in [0.15, 0.2) is 5.78 Å². The van der Waals surface area contributed by atoms with Crippen molar-refractivity contribution in [3.63, 3.8) is 0 Å². The molecule has 0 saturated heterocycles. The molecule has 0 aliphatic carbocycles. The molecule has 2 aromatic rings. The summed E-state index contributed by atoms with van der Waals surface area (Å²) in [5.41, 5.74) is 0. The average molecular weight is 289 g/mol. The minimum absolute atomic E-state index is 0.130. The van der Waals surface area contributed by atoms with Gasteiger partial charge < -0.3 is 0 Å². The lowest BCUT2D eigenvalue weighted by Crippen LogP contribution is -1.83. The zero-order valence-corrected chi connectivity index (χ0v) is 10.8. The third-order valence-corrected chi connectivity index (χ3v) is 3.70. The molecule has 0 spiro atoms. The van der Waals surface area contributed by atoms with E-state index in [1.54, 1.807) is 18.3 Å². The molecule has 0 aliphatic heterocycles. The summed E-state index contributed by atoms with van der Waals surface area (Å²) >= 11 is 6.44. The second kappa shape index (κ2) is 6.11. The topological polar surface area (TPSA) is 17.1 Å². The fraction of sp³-hybridized carbons (Fsp3) is 0.100. The maximum atomic E-state index is 10.6. The van der Waals surface area contributed by atoms with E-state index in [1.165, 1.54) is 11.3 Å². The normalized spacial score (nSPS) is 9.00. The van der Waals surface area contributed by atoms with Crippen molar-refractivity contribution in [2.45, 2.75) is 6.92 Å². The number of hydrogen-bond acceptors (Lipinski definition) is 3. The number of ketones is 1. The molecule has 0 aromatic carbocycles. The molecule has 74 valence electrons. The fourth-order valence-corrected chi connectivity index (χ4v) is 2.47. The van der Waals surface area contributed by atoms with E-state index < -0.39 is 0 Å². The molecule has 1 nitrogen and oxygen atoms in total. The van der Waals surface area contributed by atoms with Crippen molar-refractivity contribution in [2.24, 2.45) is 0 Å². The lowest BCUT2D eigenvalue weighted by molar-refractivity contribution is 0.102. The molecule has 0 aliphatic rings. The third-order valence-electron chi connectivity index (χ3n) is 1.35. The summed E-state index contributed by atoms with van der Waals surface area (Å²) in [7, 11) is 0. The zero-order chi connectivity index (χ0) is 10.4. The molecule has 0 saturated carbocycles. The number of hydrogen-bond donors (Lipinski definition) is 0. The monoisotopic (exact) mass is 288 g/mol. The first-order chi connectivity index (χ1) is 6.70. The van der Waals surface area contributed by atoms with Crippen molar-refractivity contribution in [1.29, 1.82) is 0 Å². The van der Waals surface area contributed by atoms with Crippen LogP contribution in [0.15, 0.2) is 38.8 Å². The smallest absolute Gasteiger partial charge is 0.169 e. The van der Waals surface area contributed by atoms with Crippen molar-refractivity contribution in [1.82, 2.24) is 0 Å². The van der Waals surface area contributed by atoms with Crippen molar-refractivity contribution in [3.05, 3.63) is 43.7 Å². The minimum Gasteiger partial charge on any atom is -0.294 e. The Morgan fingerprint density at radius 3 is 2.14 bits per heavy atom. The minimum atomic E-state index is 0.130. The summed E-state index contributed by atoms with van der Waals surface area (Å²) in [6, 6.07) is 7.73. The molecule has 2 rings (SSSR count). The van der Waals surface area contributed by atoms with E-state index in [-0.39, 0.29) is 5.78 Å². The van der Waals surface area contributed by atoms with Gasteiger partial charge in [-0.3, -0.25) is 4.79 Å². The van der Waals surface area contributed by atoms with Gasteiger partial charge in [-0.15, -0.1) is 11.3 Å². The number of thiophene rings is 2. The maximum absolute atomic E-state index is 10.6. The van der Waals surface area contributed by atoms with Crippen molar-refractivity contribution in [2.75, 3.05) is 0 Å². The number of carbonyl (C=O) groups excluding carboxylic acids is 1. The average Bonchev–Trinajstić information content (AvgIpc) is 2.74. The van der Waals surface area contributed by atoms with Crippen LogP contribution in [0, 0.1) is 0 Å². The molecule has 14 heavy (non-hydrogen) atoms. The molecule has 0 N–H and O–H groups in total. The standard InChI is InChI=1S/C6H5BrOS.C4H4S/c1-4(8)5-2-3-6(7)9-5;1-2-4-5-3-1/h2-3H,1H3;1-4H. The van der Waals surface area contributed by atoms with E-state index in [4.69, 9.17) is 0 Å². The van der Waals surface area contributed by atoms with Gasteiger partial charge in [0.05, 0.1) is 8.66 Å². The molecule has 0 fully saturated rings. The van der Waals surface area contributed by atoms with Gasteiger partial charge in [-0.05, 0) is 45.7 Å². The summed E-state index contributed by atoms with van der Waals surface area (Å²) in [5.74, 6) is 0.130. The van der Waals surface area contributed by atoms with E-state index in [1.807, 2.05) is 35.0 Å². The number of halogens is 1. The third kappa shape index (κ3) is 4.17. The highest BCUT2D eigenvalue weighted by Gasteiger charge is 2.00. The second-order valence-electron chi connectivity index (χ2n) is 2.45. The van der Waals surface area contributed by atoms with Crippen LogP contribution in [0.2, 0.25) is 0 Å². The maximum Gasteiger partial charge on any atom is 0.169 e. The molecule has 4 heteroatoms. The first-order valence-electron chi connectivity index (χ1n) is 3.93. The predicted octanol–water partition coefficient (Wildman–Crippen LogP) is 4.46. The summed E-state index contributed by atoms with van der Waals surface area (Å²) in [6.07, 6.45) is 0. The van der Waals surface area contributed by atoms with Gasteiger partial charge in [-0.1, -0.05) is 12.1 Å². The van der Waals surface area contributed by atoms with Crippen LogP contribution in [0.3, 0.4) is 0 Å². The molecular weight excluding hydrogens is 280 g/mol. The summed E-state index contributed by atoms with van der Waals surface area (Å²) in [4.78, 5) is 11.5. The van der Waals surface area contributed by atoms with Crippen LogP contribution >= 0.6 is 38.6 Å². The highest BCUT2D eigenvalue weighted by molar-refractivity contribution is 9.11. The summed E-state index contributed by atoms with van der Waals surface area (Å²) in [5, 5.41) is 4.08. The molecule has 0 amide bonds. The Morgan fingerprint density at radius 2 is 1.93 bits per heavy atom. The predicted molar refractivity (Wildman–Crippen MR) is 66.3 cm³/mol. The van der Waals surface area contributed by atoms with Crippen LogP contribution in [0.1, 0.15) is 16.6 Å². The van der Waals surface area contributed by atoms with Crippen LogP contribution in [0.4, 0.5) is 0 Å². The van der Waals surface area contributed by atoms with Crippen molar-refractivity contribution in [3.8, 4) is 0 Å². The van der Waals surface area contributed by atoms with Gasteiger partial charge in [0.25, 0.3) is 0 Å². The molecule has 0 atom stereocenters. The lowest BCUT2D eigenvalue weighted by atomic mass is 10.4. The van der Waals surface area contributed by atoms with Gasteiger partial charge in [-0.2, -0.15) is 11.3 Å². The SMILES string of the molecule is CC(=O)c1ccc(Br)s1.c1ccsc1. The molecule has 2 aromatic heterocycles. The number of rotatable bonds is 1. The lowest BCUT2D eigenvalue weighted by Gasteiger charge is -1.80. The van der Waals surface area contributed by atoms with E-state index in [9.17, 15) is 4.79 Å². The molecule has 0 bridgehead atoms. The fourth-order valence-electron chi connectivity index (χ4n) is 0.730. The highest BCUT2D eigenvalue weighted by atomic mass is 79.9. The van der Waals surface area contributed by atoms with E-state index >= 15 is 0 Å². The molecule has 2 heterocycles. The van der Waals surface area contributed by atoms with Crippen LogP contribution in [-0.4, -0.2) is 5.78 Å². The Hall–Kier alpha value is -0.450. The van der Waals surface area contributed by atoms with Crippen LogP contribution in [-0.2, 0) is 0 Å². The summed E-state index contributed by atoms with van der Waals surface area (Å²) < 4.78 is 1.01.